The number of methoxy groups -OCH3 is 5. The zero-order chi connectivity index (χ0) is 40.1. The van der Waals surface area contributed by atoms with Gasteiger partial charge in [-0.1, -0.05) is 73.5 Å². The lowest BCUT2D eigenvalue weighted by molar-refractivity contribution is 0.0832. The Morgan fingerprint density at radius 2 is 1.30 bits per heavy atom. The molecule has 1 amide bonds. The molecule has 0 aromatic heterocycles. The van der Waals surface area contributed by atoms with Crippen LogP contribution in [0.2, 0.25) is 0 Å². The van der Waals surface area contributed by atoms with E-state index in [4.69, 9.17) is 38.0 Å². The van der Waals surface area contributed by atoms with Gasteiger partial charge in [0.25, 0.3) is 5.91 Å². The number of rotatable bonds is 21. The number of para-hydroxylation sites is 1. The van der Waals surface area contributed by atoms with E-state index in [1.165, 1.54) is 25.7 Å². The van der Waals surface area contributed by atoms with E-state index < -0.39 is 0 Å². The molecule has 4 aromatic rings. The van der Waals surface area contributed by atoms with Crippen molar-refractivity contribution in [1.82, 2.24) is 5.32 Å². The molecule has 2 unspecified atom stereocenters. The summed E-state index contributed by atoms with van der Waals surface area (Å²) in [6.07, 6.45) is 8.74. The first-order chi connectivity index (χ1) is 27.9. The van der Waals surface area contributed by atoms with E-state index in [1.807, 2.05) is 73.7 Å². The summed E-state index contributed by atoms with van der Waals surface area (Å²) in [6.45, 7) is 3.21. The van der Waals surface area contributed by atoms with E-state index in [0.717, 1.165) is 59.3 Å². The van der Waals surface area contributed by atoms with Crippen molar-refractivity contribution in [2.45, 2.75) is 77.0 Å². The van der Waals surface area contributed by atoms with Gasteiger partial charge in [0.05, 0.1) is 60.0 Å². The number of nitrogens with one attached hydrogen (secondary N) is 2. The lowest BCUT2D eigenvalue weighted by atomic mass is 9.98. The molecule has 4 aromatic carbocycles. The van der Waals surface area contributed by atoms with Gasteiger partial charge in [-0.25, -0.2) is 0 Å². The summed E-state index contributed by atoms with van der Waals surface area (Å²) in [5.41, 5.74) is 5.91. The average molecular weight is 782 g/mol. The topological polar surface area (TPSA) is 127 Å². The number of amides is 1. The van der Waals surface area contributed by atoms with Crippen LogP contribution in [0.15, 0.2) is 71.9 Å². The Hall–Kier alpha value is -5.78. The van der Waals surface area contributed by atoms with Gasteiger partial charge in [0.2, 0.25) is 5.75 Å². The lowest BCUT2D eigenvalue weighted by Gasteiger charge is -2.28. The largest absolute Gasteiger partial charge is 0.493 e. The van der Waals surface area contributed by atoms with Crippen molar-refractivity contribution in [1.29, 1.82) is 0 Å². The Labute approximate surface area is 335 Å². The summed E-state index contributed by atoms with van der Waals surface area (Å²) in [5.74, 6) is 4.26. The number of anilines is 1. The summed E-state index contributed by atoms with van der Waals surface area (Å²) in [5, 5.41) is 10.8. The fourth-order valence-corrected chi connectivity index (χ4v) is 7.23. The van der Waals surface area contributed by atoms with Crippen LogP contribution in [0.3, 0.4) is 0 Å². The van der Waals surface area contributed by atoms with Crippen LogP contribution in [0.5, 0.6) is 40.2 Å². The molecule has 2 heterocycles. The van der Waals surface area contributed by atoms with E-state index in [1.54, 1.807) is 35.5 Å². The molecule has 0 bridgehead atoms. The predicted octanol–water partition coefficient (Wildman–Crippen LogP) is 9.34. The van der Waals surface area contributed by atoms with Crippen molar-refractivity contribution >= 4 is 17.3 Å². The van der Waals surface area contributed by atoms with Crippen LogP contribution in [0.25, 0.3) is 0 Å². The maximum absolute atomic E-state index is 12.7. The number of oxime groups is 1. The number of aryl methyl sites for hydroxylation is 1. The van der Waals surface area contributed by atoms with E-state index in [-0.39, 0.29) is 18.2 Å². The van der Waals surface area contributed by atoms with E-state index in [2.05, 4.69) is 15.8 Å². The summed E-state index contributed by atoms with van der Waals surface area (Å²) in [4.78, 5) is 18.6. The molecular weight excluding hydrogens is 727 g/mol. The molecule has 2 aliphatic heterocycles. The van der Waals surface area contributed by atoms with Gasteiger partial charge in [0, 0.05) is 23.2 Å². The molecule has 2 aliphatic rings. The Bertz CT molecular complexity index is 1990. The number of carbonyl (C=O) groups is 1. The van der Waals surface area contributed by atoms with Crippen LogP contribution in [0.1, 0.15) is 103 Å². The van der Waals surface area contributed by atoms with Crippen LogP contribution in [0.4, 0.5) is 5.69 Å². The Morgan fingerprint density at radius 1 is 0.649 bits per heavy atom. The second kappa shape index (κ2) is 19.9. The Balaban J connectivity index is 0.862. The average Bonchev–Trinajstić information content (AvgIpc) is 3.74. The summed E-state index contributed by atoms with van der Waals surface area (Å²) in [7, 11) is 8.05. The number of carbonyl (C=O) groups excluding carboxylic acids is 1. The van der Waals surface area contributed by atoms with Crippen LogP contribution < -0.4 is 43.8 Å². The van der Waals surface area contributed by atoms with Crippen LogP contribution in [-0.4, -0.2) is 60.4 Å². The van der Waals surface area contributed by atoms with Crippen LogP contribution in [0, 0.1) is 6.92 Å². The predicted molar refractivity (Wildman–Crippen MR) is 220 cm³/mol. The SMILES string of the molecule is COc1cc(C2NC(=O)c3cc(C)ccc3N2)ccc1OCCCCCCCCCCOc1cccc(C2CC(c3cc(OC)c(OC)c(OC)c3)=NO2)c1OC. The van der Waals surface area contributed by atoms with Gasteiger partial charge in [-0.15, -0.1) is 0 Å². The van der Waals surface area contributed by atoms with Crippen molar-refractivity contribution in [3.63, 3.8) is 0 Å². The second-order valence-corrected chi connectivity index (χ2v) is 14.2. The van der Waals surface area contributed by atoms with Gasteiger partial charge < -0.3 is 48.6 Å². The van der Waals surface area contributed by atoms with E-state index in [0.29, 0.717) is 65.4 Å². The zero-order valence-corrected chi connectivity index (χ0v) is 33.9. The molecule has 12 heteroatoms. The molecule has 2 atom stereocenters. The molecule has 0 radical (unpaired) electrons. The smallest absolute Gasteiger partial charge is 0.255 e. The van der Waals surface area contributed by atoms with Gasteiger partial charge in [0.1, 0.15) is 6.17 Å². The molecule has 0 saturated heterocycles. The number of hydrogen-bond acceptors (Lipinski definition) is 11. The highest BCUT2D eigenvalue weighted by Gasteiger charge is 2.30. The highest BCUT2D eigenvalue weighted by atomic mass is 16.6. The highest BCUT2D eigenvalue weighted by Crippen LogP contribution is 2.43. The van der Waals surface area contributed by atoms with E-state index >= 15 is 0 Å². The Kier molecular flexibility index (Phi) is 14.3. The number of ether oxygens (including phenoxy) is 7. The molecule has 57 heavy (non-hydrogen) atoms. The fourth-order valence-electron chi connectivity index (χ4n) is 7.23. The first kappa shape index (κ1) is 40.9. The van der Waals surface area contributed by atoms with Gasteiger partial charge in [-0.2, -0.15) is 0 Å². The Morgan fingerprint density at radius 3 is 1.95 bits per heavy atom. The monoisotopic (exact) mass is 781 g/mol. The maximum Gasteiger partial charge on any atom is 0.255 e. The third-order valence-electron chi connectivity index (χ3n) is 10.3. The molecule has 0 spiro atoms. The fraction of sp³-hybridized carbons (Fsp3) is 0.422. The molecule has 2 N–H and O–H groups in total. The lowest BCUT2D eigenvalue weighted by Crippen LogP contribution is -2.38. The van der Waals surface area contributed by atoms with Crippen molar-refractivity contribution < 1.29 is 42.8 Å². The highest BCUT2D eigenvalue weighted by molar-refractivity contribution is 6.03. The number of unbranched alkanes of at least 4 members (excludes halogenated alkanes) is 7. The maximum atomic E-state index is 12.7. The minimum absolute atomic E-state index is 0.0956. The quantitative estimate of drug-likeness (QED) is 0.0790. The number of nitrogens with zero attached hydrogens (tertiary/aromatic N) is 1. The molecule has 0 saturated carbocycles. The second-order valence-electron chi connectivity index (χ2n) is 14.2. The van der Waals surface area contributed by atoms with Crippen molar-refractivity contribution in [3.8, 4) is 40.2 Å². The zero-order valence-electron chi connectivity index (χ0n) is 33.9. The van der Waals surface area contributed by atoms with Gasteiger partial charge in [-0.05, 0) is 67.8 Å². The third kappa shape index (κ3) is 9.97. The van der Waals surface area contributed by atoms with Gasteiger partial charge in [-0.3, -0.25) is 4.79 Å². The standard InChI is InChI=1S/C45H55N3O9/c1-29-18-20-34-33(24-29)45(49)47-44(46-34)30-19-21-36(39(25-30)50-2)55-22-13-11-9-7-8-10-12-14-23-56-37-17-15-16-32(42(37)53-5)38-28-35(48-57-38)31-26-40(51-3)43(54-6)41(27-31)52-4/h15-21,24-27,38,44,46H,7-14,22-23,28H2,1-6H3,(H,47,49). The summed E-state index contributed by atoms with van der Waals surface area (Å²) >= 11 is 0. The molecule has 12 nitrogen and oxygen atoms in total. The molecule has 304 valence electrons. The molecular formula is C45H55N3O9. The first-order valence-corrected chi connectivity index (χ1v) is 19.7. The minimum Gasteiger partial charge on any atom is -0.493 e. The molecule has 0 fully saturated rings. The minimum atomic E-state index is -0.351. The number of hydrogen-bond donors (Lipinski definition) is 2. The van der Waals surface area contributed by atoms with E-state index in [9.17, 15) is 4.79 Å². The van der Waals surface area contributed by atoms with Crippen molar-refractivity contribution in [3.05, 3.63) is 94.5 Å². The van der Waals surface area contributed by atoms with Crippen LogP contribution in [-0.2, 0) is 4.84 Å². The number of benzene rings is 4. The van der Waals surface area contributed by atoms with Gasteiger partial charge >= 0.3 is 0 Å². The third-order valence-corrected chi connectivity index (χ3v) is 10.3. The summed E-state index contributed by atoms with van der Waals surface area (Å²) < 4.78 is 40.3. The molecule has 6 rings (SSSR count). The first-order valence-electron chi connectivity index (χ1n) is 19.7. The van der Waals surface area contributed by atoms with Gasteiger partial charge in [0.15, 0.2) is 40.6 Å². The molecule has 0 aliphatic carbocycles. The summed E-state index contributed by atoms with van der Waals surface area (Å²) in [6, 6.07) is 21.3. The van der Waals surface area contributed by atoms with Crippen LogP contribution >= 0.6 is 0 Å². The van der Waals surface area contributed by atoms with Crippen molar-refractivity contribution in [2.24, 2.45) is 5.16 Å². The van der Waals surface area contributed by atoms with Crippen molar-refractivity contribution in [2.75, 3.05) is 54.1 Å². The normalized spacial score (nSPS) is 15.7. The number of fused-ring (bicyclic) bond motifs is 1.